The summed E-state index contributed by atoms with van der Waals surface area (Å²) in [7, 11) is 0. The standard InChI is InChI=1S/C16H20N4O/c17-16(21)14-5-1-2-6-15(14)20-10-8-19(9-11-20)12-13-4-3-7-18-13/h1-7,18H,8-12H2,(H2,17,21). The van der Waals surface area contributed by atoms with E-state index in [1.54, 1.807) is 6.07 Å². The van der Waals surface area contributed by atoms with Gasteiger partial charge >= 0.3 is 0 Å². The van der Waals surface area contributed by atoms with Gasteiger partial charge in [-0.1, -0.05) is 12.1 Å². The van der Waals surface area contributed by atoms with Gasteiger partial charge in [-0.15, -0.1) is 0 Å². The Morgan fingerprint density at radius 1 is 1.10 bits per heavy atom. The lowest BCUT2D eigenvalue weighted by Gasteiger charge is -2.36. The minimum atomic E-state index is -0.362. The van der Waals surface area contributed by atoms with Crippen molar-refractivity contribution in [3.63, 3.8) is 0 Å². The highest BCUT2D eigenvalue weighted by Gasteiger charge is 2.20. The van der Waals surface area contributed by atoms with Gasteiger partial charge in [-0.2, -0.15) is 0 Å². The van der Waals surface area contributed by atoms with Crippen LogP contribution in [0.25, 0.3) is 0 Å². The molecule has 1 amide bonds. The van der Waals surface area contributed by atoms with Crippen LogP contribution in [0, 0.1) is 0 Å². The molecule has 1 saturated heterocycles. The third-order valence-corrected chi connectivity index (χ3v) is 3.94. The van der Waals surface area contributed by atoms with Gasteiger partial charge < -0.3 is 15.6 Å². The number of aromatic nitrogens is 1. The smallest absolute Gasteiger partial charge is 0.250 e. The van der Waals surface area contributed by atoms with Crippen LogP contribution in [0.5, 0.6) is 0 Å². The second-order valence-electron chi connectivity index (χ2n) is 5.34. The van der Waals surface area contributed by atoms with Crippen molar-refractivity contribution in [2.24, 2.45) is 5.73 Å². The molecule has 0 spiro atoms. The molecule has 110 valence electrons. The number of hydrogen-bond donors (Lipinski definition) is 2. The second kappa shape index (κ2) is 6.01. The van der Waals surface area contributed by atoms with Gasteiger partial charge in [0.05, 0.1) is 5.56 Å². The molecule has 2 aromatic rings. The number of carbonyl (C=O) groups is 1. The lowest BCUT2D eigenvalue weighted by Crippen LogP contribution is -2.46. The lowest BCUT2D eigenvalue weighted by molar-refractivity contribution is 0.100. The number of H-pyrrole nitrogens is 1. The van der Waals surface area contributed by atoms with Gasteiger partial charge in [0, 0.05) is 50.3 Å². The molecule has 0 atom stereocenters. The summed E-state index contributed by atoms with van der Waals surface area (Å²) in [6.45, 7) is 4.71. The van der Waals surface area contributed by atoms with E-state index < -0.39 is 0 Å². The fourth-order valence-corrected chi connectivity index (χ4v) is 2.81. The summed E-state index contributed by atoms with van der Waals surface area (Å²) in [4.78, 5) is 19.4. The molecule has 5 nitrogen and oxygen atoms in total. The first kappa shape index (κ1) is 13.7. The van der Waals surface area contributed by atoms with E-state index in [4.69, 9.17) is 5.73 Å². The molecule has 3 rings (SSSR count). The van der Waals surface area contributed by atoms with Crippen molar-refractivity contribution in [2.45, 2.75) is 6.54 Å². The molecular formula is C16H20N4O. The molecule has 0 bridgehead atoms. The Morgan fingerprint density at radius 2 is 1.86 bits per heavy atom. The average molecular weight is 284 g/mol. The van der Waals surface area contributed by atoms with Gasteiger partial charge in [0.2, 0.25) is 0 Å². The topological polar surface area (TPSA) is 65.4 Å². The number of nitrogens with one attached hydrogen (secondary N) is 1. The van der Waals surface area contributed by atoms with Crippen LogP contribution in [-0.2, 0) is 6.54 Å². The number of nitrogens with zero attached hydrogens (tertiary/aromatic N) is 2. The number of para-hydroxylation sites is 1. The summed E-state index contributed by atoms with van der Waals surface area (Å²) < 4.78 is 0. The molecule has 0 aliphatic carbocycles. The quantitative estimate of drug-likeness (QED) is 0.893. The van der Waals surface area contributed by atoms with Crippen LogP contribution < -0.4 is 10.6 Å². The van der Waals surface area contributed by atoms with E-state index in [1.807, 2.05) is 30.5 Å². The monoisotopic (exact) mass is 284 g/mol. The fourth-order valence-electron chi connectivity index (χ4n) is 2.81. The average Bonchev–Trinajstić information content (AvgIpc) is 3.01. The molecule has 5 heteroatoms. The number of carbonyl (C=O) groups excluding carboxylic acids is 1. The first-order chi connectivity index (χ1) is 10.2. The van der Waals surface area contributed by atoms with Crippen molar-refractivity contribution in [3.8, 4) is 0 Å². The van der Waals surface area contributed by atoms with Crippen LogP contribution in [0.3, 0.4) is 0 Å². The molecular weight excluding hydrogens is 264 g/mol. The predicted molar refractivity (Wildman–Crippen MR) is 83.2 cm³/mol. The van der Waals surface area contributed by atoms with E-state index in [0.717, 1.165) is 38.4 Å². The van der Waals surface area contributed by atoms with Crippen LogP contribution >= 0.6 is 0 Å². The summed E-state index contributed by atoms with van der Waals surface area (Å²) in [6, 6.07) is 11.7. The third kappa shape index (κ3) is 3.08. The Morgan fingerprint density at radius 3 is 2.52 bits per heavy atom. The molecule has 1 fully saturated rings. The number of hydrogen-bond acceptors (Lipinski definition) is 3. The van der Waals surface area contributed by atoms with Gasteiger partial charge in [0.15, 0.2) is 0 Å². The zero-order valence-corrected chi connectivity index (χ0v) is 12.0. The highest BCUT2D eigenvalue weighted by Crippen LogP contribution is 2.21. The molecule has 21 heavy (non-hydrogen) atoms. The number of aromatic amines is 1. The SMILES string of the molecule is NC(=O)c1ccccc1N1CCN(Cc2ccc[nH]2)CC1. The minimum absolute atomic E-state index is 0.362. The number of amides is 1. The Labute approximate surface area is 124 Å². The summed E-state index contributed by atoms with van der Waals surface area (Å²) in [5, 5.41) is 0. The van der Waals surface area contributed by atoms with Gasteiger partial charge in [-0.25, -0.2) is 0 Å². The molecule has 1 aliphatic rings. The Bertz CT molecular complexity index is 600. The van der Waals surface area contributed by atoms with E-state index in [9.17, 15) is 4.79 Å². The Hall–Kier alpha value is -2.27. The Kier molecular flexibility index (Phi) is 3.92. The fraction of sp³-hybridized carbons (Fsp3) is 0.312. The highest BCUT2D eigenvalue weighted by atomic mass is 16.1. The minimum Gasteiger partial charge on any atom is -0.368 e. The maximum Gasteiger partial charge on any atom is 0.250 e. The van der Waals surface area contributed by atoms with Crippen molar-refractivity contribution >= 4 is 11.6 Å². The molecule has 0 radical (unpaired) electrons. The molecule has 1 aliphatic heterocycles. The Balaban J connectivity index is 1.64. The lowest BCUT2D eigenvalue weighted by atomic mass is 10.1. The van der Waals surface area contributed by atoms with E-state index >= 15 is 0 Å². The summed E-state index contributed by atoms with van der Waals surface area (Å²) in [5.41, 5.74) is 8.25. The van der Waals surface area contributed by atoms with E-state index in [-0.39, 0.29) is 5.91 Å². The van der Waals surface area contributed by atoms with E-state index in [2.05, 4.69) is 20.9 Å². The third-order valence-electron chi connectivity index (χ3n) is 3.94. The summed E-state index contributed by atoms with van der Waals surface area (Å²) in [5.74, 6) is -0.362. The van der Waals surface area contributed by atoms with Gasteiger partial charge in [-0.3, -0.25) is 9.69 Å². The molecule has 0 unspecified atom stereocenters. The molecule has 3 N–H and O–H groups in total. The number of benzene rings is 1. The van der Waals surface area contributed by atoms with Crippen LogP contribution in [0.1, 0.15) is 16.1 Å². The van der Waals surface area contributed by atoms with E-state index in [1.165, 1.54) is 5.69 Å². The highest BCUT2D eigenvalue weighted by molar-refractivity contribution is 5.98. The van der Waals surface area contributed by atoms with Crippen molar-refractivity contribution < 1.29 is 4.79 Å². The normalized spacial score (nSPS) is 16.1. The predicted octanol–water partition coefficient (Wildman–Crippen LogP) is 1.44. The summed E-state index contributed by atoms with van der Waals surface area (Å²) in [6.07, 6.45) is 1.95. The molecule has 2 heterocycles. The van der Waals surface area contributed by atoms with E-state index in [0.29, 0.717) is 5.56 Å². The van der Waals surface area contributed by atoms with Crippen molar-refractivity contribution in [2.75, 3.05) is 31.1 Å². The number of piperazine rings is 1. The maximum absolute atomic E-state index is 11.5. The van der Waals surface area contributed by atoms with Gasteiger partial charge in [0.25, 0.3) is 5.91 Å². The molecule has 0 saturated carbocycles. The summed E-state index contributed by atoms with van der Waals surface area (Å²) >= 11 is 0. The molecule has 1 aromatic carbocycles. The van der Waals surface area contributed by atoms with Crippen LogP contribution in [0.15, 0.2) is 42.6 Å². The zero-order valence-electron chi connectivity index (χ0n) is 12.0. The van der Waals surface area contributed by atoms with Crippen LogP contribution in [-0.4, -0.2) is 42.0 Å². The second-order valence-corrected chi connectivity index (χ2v) is 5.34. The van der Waals surface area contributed by atoms with Crippen molar-refractivity contribution in [1.29, 1.82) is 0 Å². The van der Waals surface area contributed by atoms with Crippen molar-refractivity contribution in [1.82, 2.24) is 9.88 Å². The first-order valence-electron chi connectivity index (χ1n) is 7.22. The van der Waals surface area contributed by atoms with Crippen LogP contribution in [0.4, 0.5) is 5.69 Å². The molecule has 1 aromatic heterocycles. The zero-order chi connectivity index (χ0) is 14.7. The largest absolute Gasteiger partial charge is 0.368 e. The number of nitrogens with two attached hydrogens (primary N) is 1. The van der Waals surface area contributed by atoms with Gasteiger partial charge in [0.1, 0.15) is 0 Å². The van der Waals surface area contributed by atoms with Gasteiger partial charge in [-0.05, 0) is 24.3 Å². The van der Waals surface area contributed by atoms with Crippen molar-refractivity contribution in [3.05, 3.63) is 53.9 Å². The number of rotatable bonds is 4. The first-order valence-corrected chi connectivity index (χ1v) is 7.22. The number of anilines is 1. The maximum atomic E-state index is 11.5. The van der Waals surface area contributed by atoms with Crippen LogP contribution in [0.2, 0.25) is 0 Å². The number of primary amides is 1.